The van der Waals surface area contributed by atoms with Gasteiger partial charge in [0.1, 0.15) is 6.54 Å². The molecule has 0 aromatic heterocycles. The van der Waals surface area contributed by atoms with Gasteiger partial charge in [-0.3, -0.25) is 4.79 Å². The van der Waals surface area contributed by atoms with E-state index in [9.17, 15) is 4.79 Å². The Balaban J connectivity index is 1.91. The summed E-state index contributed by atoms with van der Waals surface area (Å²) in [5, 5.41) is 5.17. The van der Waals surface area contributed by atoms with Crippen molar-refractivity contribution in [3.8, 4) is 11.5 Å². The molecule has 0 aliphatic carbocycles. The van der Waals surface area contributed by atoms with E-state index in [0.717, 1.165) is 16.5 Å². The summed E-state index contributed by atoms with van der Waals surface area (Å²) in [4.78, 5) is 12.1. The molecule has 2 aromatic carbocycles. The molecule has 0 aliphatic heterocycles. The SMILES string of the molecule is CCOc1cc(C[NH2+]C(C)C)cc(I)c1OCC(=O)NCCc1ccccc1. The topological polar surface area (TPSA) is 64.2 Å². The van der Waals surface area contributed by atoms with Gasteiger partial charge < -0.3 is 20.1 Å². The average Bonchev–Trinajstić information content (AvgIpc) is 2.67. The maximum atomic E-state index is 12.1. The molecule has 5 nitrogen and oxygen atoms in total. The summed E-state index contributed by atoms with van der Waals surface area (Å²) < 4.78 is 12.5. The van der Waals surface area contributed by atoms with Gasteiger partial charge in [-0.15, -0.1) is 0 Å². The summed E-state index contributed by atoms with van der Waals surface area (Å²) in [7, 11) is 0. The van der Waals surface area contributed by atoms with Crippen LogP contribution in [0.3, 0.4) is 0 Å². The van der Waals surface area contributed by atoms with Gasteiger partial charge in [0.25, 0.3) is 5.91 Å². The predicted octanol–water partition coefficient (Wildman–Crippen LogP) is 2.90. The van der Waals surface area contributed by atoms with Crippen LogP contribution in [-0.4, -0.2) is 31.7 Å². The molecule has 1 amide bonds. The number of carbonyl (C=O) groups excluding carboxylic acids is 1. The second kappa shape index (κ2) is 11.9. The number of quaternary nitrogens is 1. The smallest absolute Gasteiger partial charge is 0.257 e. The summed E-state index contributed by atoms with van der Waals surface area (Å²) in [6.07, 6.45) is 0.801. The number of hydrogen-bond donors (Lipinski definition) is 2. The number of amides is 1. The second-order valence-corrected chi connectivity index (χ2v) is 8.06. The van der Waals surface area contributed by atoms with Crippen LogP contribution in [0.15, 0.2) is 42.5 Å². The minimum atomic E-state index is -0.133. The third kappa shape index (κ3) is 7.67. The highest BCUT2D eigenvalue weighted by Crippen LogP contribution is 2.34. The van der Waals surface area contributed by atoms with Gasteiger partial charge in [-0.1, -0.05) is 30.3 Å². The zero-order chi connectivity index (χ0) is 20.4. The van der Waals surface area contributed by atoms with Crippen LogP contribution in [0.4, 0.5) is 0 Å². The van der Waals surface area contributed by atoms with Crippen LogP contribution in [0, 0.1) is 3.57 Å². The average molecular weight is 497 g/mol. The van der Waals surface area contributed by atoms with E-state index >= 15 is 0 Å². The molecule has 0 atom stereocenters. The van der Waals surface area contributed by atoms with E-state index in [1.54, 1.807) is 0 Å². The maximum absolute atomic E-state index is 12.1. The summed E-state index contributed by atoms with van der Waals surface area (Å²) in [5.74, 6) is 1.19. The van der Waals surface area contributed by atoms with Gasteiger partial charge >= 0.3 is 0 Å². The molecule has 0 aliphatic rings. The van der Waals surface area contributed by atoms with Gasteiger partial charge in [0.15, 0.2) is 18.1 Å². The number of carbonyl (C=O) groups is 1. The van der Waals surface area contributed by atoms with E-state index in [1.165, 1.54) is 11.1 Å². The second-order valence-electron chi connectivity index (χ2n) is 6.90. The highest BCUT2D eigenvalue weighted by molar-refractivity contribution is 14.1. The fraction of sp³-hybridized carbons (Fsp3) is 0.409. The van der Waals surface area contributed by atoms with E-state index in [2.05, 4.69) is 65.3 Å². The van der Waals surface area contributed by atoms with Crippen LogP contribution >= 0.6 is 22.6 Å². The molecule has 2 aromatic rings. The fourth-order valence-electron chi connectivity index (χ4n) is 2.69. The van der Waals surface area contributed by atoms with E-state index in [4.69, 9.17) is 9.47 Å². The number of ether oxygens (including phenoxy) is 2. The van der Waals surface area contributed by atoms with Crippen molar-refractivity contribution in [1.82, 2.24) is 5.32 Å². The molecule has 0 heterocycles. The third-order valence-corrected chi connectivity index (χ3v) is 4.92. The number of nitrogens with one attached hydrogen (secondary N) is 1. The summed E-state index contributed by atoms with van der Waals surface area (Å²) >= 11 is 2.24. The first-order valence-electron chi connectivity index (χ1n) is 9.71. The molecule has 152 valence electrons. The van der Waals surface area contributed by atoms with Crippen LogP contribution in [0.25, 0.3) is 0 Å². The Labute approximate surface area is 181 Å². The molecule has 2 rings (SSSR count). The summed E-state index contributed by atoms with van der Waals surface area (Å²) in [6.45, 7) is 8.28. The zero-order valence-electron chi connectivity index (χ0n) is 16.8. The molecule has 0 spiro atoms. The standard InChI is InChI=1S/C22H29IN2O3/c1-4-27-20-13-18(14-25-16(2)3)12-19(23)22(20)28-15-21(26)24-11-10-17-8-6-5-7-9-17/h5-9,12-13,16,25H,4,10-11,14-15H2,1-3H3,(H,24,26)/p+1. The van der Waals surface area contributed by atoms with Crippen molar-refractivity contribution in [1.29, 1.82) is 0 Å². The largest absolute Gasteiger partial charge is 0.490 e. The Morgan fingerprint density at radius 3 is 2.57 bits per heavy atom. The van der Waals surface area contributed by atoms with Crippen molar-refractivity contribution in [3.63, 3.8) is 0 Å². The van der Waals surface area contributed by atoms with Gasteiger partial charge in [0.2, 0.25) is 0 Å². The van der Waals surface area contributed by atoms with Gasteiger partial charge in [0.05, 0.1) is 16.2 Å². The summed E-state index contributed by atoms with van der Waals surface area (Å²) in [6, 6.07) is 14.7. The normalized spacial score (nSPS) is 10.8. The van der Waals surface area contributed by atoms with Crippen LogP contribution in [0.2, 0.25) is 0 Å². The Hall–Kier alpha value is -1.80. The van der Waals surface area contributed by atoms with Gasteiger partial charge in [-0.25, -0.2) is 0 Å². The molecule has 0 bridgehead atoms. The van der Waals surface area contributed by atoms with Gasteiger partial charge in [0, 0.05) is 12.1 Å². The van der Waals surface area contributed by atoms with Crippen molar-refractivity contribution in [3.05, 3.63) is 57.2 Å². The molecule has 0 unspecified atom stereocenters. The lowest BCUT2D eigenvalue weighted by atomic mass is 10.1. The van der Waals surface area contributed by atoms with E-state index in [-0.39, 0.29) is 12.5 Å². The first-order valence-corrected chi connectivity index (χ1v) is 10.8. The quantitative estimate of drug-likeness (QED) is 0.470. The minimum absolute atomic E-state index is 0.0255. The van der Waals surface area contributed by atoms with Crippen molar-refractivity contribution in [2.45, 2.75) is 39.8 Å². The summed E-state index contributed by atoms with van der Waals surface area (Å²) in [5.41, 5.74) is 2.38. The van der Waals surface area contributed by atoms with Crippen molar-refractivity contribution in [2.75, 3.05) is 19.8 Å². The zero-order valence-corrected chi connectivity index (χ0v) is 19.0. The molecule has 28 heavy (non-hydrogen) atoms. The Morgan fingerprint density at radius 1 is 1.14 bits per heavy atom. The Kier molecular flexibility index (Phi) is 9.57. The number of rotatable bonds is 11. The van der Waals surface area contributed by atoms with Crippen LogP contribution in [0.1, 0.15) is 31.9 Å². The lowest BCUT2D eigenvalue weighted by molar-refractivity contribution is -0.698. The van der Waals surface area contributed by atoms with Crippen LogP contribution in [0.5, 0.6) is 11.5 Å². The molecule has 0 radical (unpaired) electrons. The van der Waals surface area contributed by atoms with Crippen LogP contribution in [-0.2, 0) is 17.8 Å². The molecule has 6 heteroatoms. The molecular formula is C22H30IN2O3+. The molecule has 0 fully saturated rings. The Morgan fingerprint density at radius 2 is 1.89 bits per heavy atom. The van der Waals surface area contributed by atoms with Crippen LogP contribution < -0.4 is 20.1 Å². The van der Waals surface area contributed by atoms with Gasteiger partial charge in [-0.05, 0) is 67.5 Å². The number of hydrogen-bond acceptors (Lipinski definition) is 3. The van der Waals surface area contributed by atoms with E-state index in [1.807, 2.05) is 31.2 Å². The van der Waals surface area contributed by atoms with Crippen molar-refractivity contribution >= 4 is 28.5 Å². The lowest BCUT2D eigenvalue weighted by Crippen LogP contribution is -2.86. The molecular weight excluding hydrogens is 467 g/mol. The fourth-order valence-corrected chi connectivity index (χ4v) is 3.52. The molecule has 3 N–H and O–H groups in total. The van der Waals surface area contributed by atoms with Crippen molar-refractivity contribution < 1.29 is 19.6 Å². The number of benzene rings is 2. The van der Waals surface area contributed by atoms with E-state index < -0.39 is 0 Å². The monoisotopic (exact) mass is 497 g/mol. The first kappa shape index (κ1) is 22.5. The number of nitrogens with two attached hydrogens (primary N) is 1. The highest BCUT2D eigenvalue weighted by Gasteiger charge is 2.15. The maximum Gasteiger partial charge on any atom is 0.257 e. The molecule has 0 saturated heterocycles. The highest BCUT2D eigenvalue weighted by atomic mass is 127. The van der Waals surface area contributed by atoms with Crippen molar-refractivity contribution in [2.24, 2.45) is 0 Å². The third-order valence-electron chi connectivity index (χ3n) is 4.12. The minimum Gasteiger partial charge on any atom is -0.490 e. The van der Waals surface area contributed by atoms with E-state index in [0.29, 0.717) is 30.7 Å². The Bertz CT molecular complexity index is 751. The lowest BCUT2D eigenvalue weighted by Gasteiger charge is -2.15. The molecule has 0 saturated carbocycles. The first-order chi connectivity index (χ1) is 13.5. The number of halogens is 1. The predicted molar refractivity (Wildman–Crippen MR) is 120 cm³/mol. The van der Waals surface area contributed by atoms with Gasteiger partial charge in [-0.2, -0.15) is 0 Å².